The van der Waals surface area contributed by atoms with Crippen molar-refractivity contribution in [3.63, 3.8) is 0 Å². The Labute approximate surface area is 129 Å². The standard InChI is InChI=1S/C14H24N4O2S/c1-15-13-17(4)12(11(21-13)9-16(2)3)10-5-7-18(8-6-10)14(19)20/h10H,5-9H2,1-4H3,(H,19,20). The minimum absolute atomic E-state index is 0.423. The zero-order chi connectivity index (χ0) is 15.6. The lowest BCUT2D eigenvalue weighted by molar-refractivity contribution is 0.131. The van der Waals surface area contributed by atoms with Crippen LogP contribution in [0.25, 0.3) is 0 Å². The fourth-order valence-corrected chi connectivity index (χ4v) is 4.24. The molecular formula is C14H24N4O2S. The van der Waals surface area contributed by atoms with Crippen molar-refractivity contribution in [3.05, 3.63) is 15.4 Å². The largest absolute Gasteiger partial charge is 0.465 e. The van der Waals surface area contributed by atoms with Gasteiger partial charge in [0.25, 0.3) is 0 Å². The van der Waals surface area contributed by atoms with E-state index in [1.165, 1.54) is 15.5 Å². The minimum Gasteiger partial charge on any atom is -0.465 e. The molecule has 2 heterocycles. The van der Waals surface area contributed by atoms with Gasteiger partial charge >= 0.3 is 6.09 Å². The summed E-state index contributed by atoms with van der Waals surface area (Å²) in [6.45, 7) is 2.15. The highest BCUT2D eigenvalue weighted by molar-refractivity contribution is 7.09. The Morgan fingerprint density at radius 3 is 2.52 bits per heavy atom. The number of piperidine rings is 1. The molecule has 0 spiro atoms. The van der Waals surface area contributed by atoms with Crippen LogP contribution in [-0.4, -0.2) is 59.8 Å². The van der Waals surface area contributed by atoms with E-state index in [1.54, 1.807) is 11.3 Å². The van der Waals surface area contributed by atoms with Crippen LogP contribution in [0.3, 0.4) is 0 Å². The van der Waals surface area contributed by atoms with Gasteiger partial charge in [-0.15, -0.1) is 11.3 Å². The van der Waals surface area contributed by atoms with Crippen molar-refractivity contribution in [3.8, 4) is 0 Å². The van der Waals surface area contributed by atoms with Gasteiger partial charge in [-0.25, -0.2) is 4.79 Å². The summed E-state index contributed by atoms with van der Waals surface area (Å²) in [5.74, 6) is 0.423. The molecule has 0 atom stereocenters. The Balaban J connectivity index is 2.27. The molecule has 0 unspecified atom stereocenters. The van der Waals surface area contributed by atoms with Crippen LogP contribution in [0.15, 0.2) is 4.99 Å². The monoisotopic (exact) mass is 312 g/mol. The number of likely N-dealkylation sites (tertiary alicyclic amines) is 1. The van der Waals surface area contributed by atoms with Crippen LogP contribution in [0.1, 0.15) is 29.3 Å². The highest BCUT2D eigenvalue weighted by Gasteiger charge is 2.27. The second-order valence-electron chi connectivity index (χ2n) is 5.76. The first-order valence-electron chi connectivity index (χ1n) is 7.18. The van der Waals surface area contributed by atoms with E-state index in [4.69, 9.17) is 5.11 Å². The summed E-state index contributed by atoms with van der Waals surface area (Å²) >= 11 is 1.74. The normalized spacial score (nSPS) is 17.8. The zero-order valence-corrected chi connectivity index (χ0v) is 14.0. The lowest BCUT2D eigenvalue weighted by Gasteiger charge is -2.31. The topological polar surface area (TPSA) is 61.1 Å². The average Bonchev–Trinajstić information content (AvgIpc) is 2.74. The maximum absolute atomic E-state index is 11.0. The molecule has 21 heavy (non-hydrogen) atoms. The van der Waals surface area contributed by atoms with E-state index in [9.17, 15) is 4.79 Å². The molecule has 0 aliphatic carbocycles. The molecule has 7 heteroatoms. The predicted octanol–water partition coefficient (Wildman–Crippen LogP) is 1.54. The Hall–Kier alpha value is -1.34. The van der Waals surface area contributed by atoms with Gasteiger partial charge in [-0.05, 0) is 26.9 Å². The second kappa shape index (κ2) is 6.62. The van der Waals surface area contributed by atoms with E-state index in [2.05, 4.69) is 35.6 Å². The van der Waals surface area contributed by atoms with E-state index in [0.29, 0.717) is 19.0 Å². The van der Waals surface area contributed by atoms with Gasteiger partial charge in [-0.3, -0.25) is 4.99 Å². The van der Waals surface area contributed by atoms with Crippen molar-refractivity contribution in [1.82, 2.24) is 14.4 Å². The van der Waals surface area contributed by atoms with Crippen LogP contribution < -0.4 is 4.80 Å². The number of hydrogen-bond donors (Lipinski definition) is 1. The molecule has 1 saturated heterocycles. The van der Waals surface area contributed by atoms with Crippen LogP contribution in [0.5, 0.6) is 0 Å². The smallest absolute Gasteiger partial charge is 0.407 e. The molecular weight excluding hydrogens is 288 g/mol. The van der Waals surface area contributed by atoms with Crippen LogP contribution in [-0.2, 0) is 13.6 Å². The molecule has 1 aliphatic rings. The first kappa shape index (κ1) is 16.0. The molecule has 2 rings (SSSR count). The lowest BCUT2D eigenvalue weighted by atomic mass is 9.92. The van der Waals surface area contributed by atoms with E-state index in [-0.39, 0.29) is 0 Å². The van der Waals surface area contributed by atoms with Gasteiger partial charge in [0.2, 0.25) is 0 Å². The van der Waals surface area contributed by atoms with Crippen molar-refractivity contribution in [2.45, 2.75) is 25.3 Å². The SMILES string of the molecule is CN=c1sc(CN(C)C)c(C2CCN(C(=O)O)CC2)n1C. The number of thiazole rings is 1. The fourth-order valence-electron chi connectivity index (χ4n) is 2.96. The Morgan fingerprint density at radius 1 is 1.43 bits per heavy atom. The molecule has 1 N–H and O–H groups in total. The number of hydrogen-bond acceptors (Lipinski definition) is 4. The number of carbonyl (C=O) groups is 1. The van der Waals surface area contributed by atoms with Gasteiger partial charge < -0.3 is 19.5 Å². The third-order valence-corrected chi connectivity index (χ3v) is 5.18. The Kier molecular flexibility index (Phi) is 5.05. The first-order valence-corrected chi connectivity index (χ1v) is 7.99. The molecule has 118 valence electrons. The van der Waals surface area contributed by atoms with Gasteiger partial charge in [0.05, 0.1) is 0 Å². The van der Waals surface area contributed by atoms with Crippen LogP contribution in [0, 0.1) is 0 Å². The summed E-state index contributed by atoms with van der Waals surface area (Å²) in [5.41, 5.74) is 1.33. The Bertz CT molecular complexity index is 568. The van der Waals surface area contributed by atoms with Gasteiger partial charge in [0.1, 0.15) is 0 Å². The number of rotatable bonds is 3. The molecule has 0 radical (unpaired) electrons. The molecule has 6 nitrogen and oxygen atoms in total. The van der Waals surface area contributed by atoms with E-state index in [0.717, 1.165) is 24.2 Å². The van der Waals surface area contributed by atoms with Crippen LogP contribution >= 0.6 is 11.3 Å². The van der Waals surface area contributed by atoms with Crippen LogP contribution in [0.4, 0.5) is 4.79 Å². The third kappa shape index (κ3) is 3.47. The Morgan fingerprint density at radius 2 is 2.05 bits per heavy atom. The third-order valence-electron chi connectivity index (χ3n) is 3.95. The molecule has 0 saturated carbocycles. The van der Waals surface area contributed by atoms with Crippen molar-refractivity contribution >= 4 is 17.4 Å². The van der Waals surface area contributed by atoms with E-state index >= 15 is 0 Å². The summed E-state index contributed by atoms with van der Waals surface area (Å²) in [6, 6.07) is 0. The molecule has 0 aromatic carbocycles. The van der Waals surface area contributed by atoms with Gasteiger partial charge in [0.15, 0.2) is 4.80 Å². The maximum atomic E-state index is 11.0. The van der Waals surface area contributed by atoms with Crippen molar-refractivity contribution in [1.29, 1.82) is 0 Å². The second-order valence-corrected chi connectivity index (χ2v) is 6.82. The molecule has 1 fully saturated rings. The van der Waals surface area contributed by atoms with Crippen molar-refractivity contribution in [2.24, 2.45) is 12.0 Å². The number of nitrogens with zero attached hydrogens (tertiary/aromatic N) is 4. The first-order chi connectivity index (χ1) is 9.93. The number of aromatic nitrogens is 1. The van der Waals surface area contributed by atoms with Crippen molar-refractivity contribution < 1.29 is 9.90 Å². The summed E-state index contributed by atoms with van der Waals surface area (Å²) in [4.78, 5) is 21.4. The van der Waals surface area contributed by atoms with Gasteiger partial charge in [-0.2, -0.15) is 0 Å². The fraction of sp³-hybridized carbons (Fsp3) is 0.714. The summed E-state index contributed by atoms with van der Waals surface area (Å²) in [6.07, 6.45) is 0.974. The molecule has 1 amide bonds. The zero-order valence-electron chi connectivity index (χ0n) is 13.2. The summed E-state index contributed by atoms with van der Waals surface area (Å²) in [7, 11) is 8.03. The van der Waals surface area contributed by atoms with E-state index in [1.807, 2.05) is 7.05 Å². The molecule has 0 bridgehead atoms. The molecule has 1 aliphatic heterocycles. The van der Waals surface area contributed by atoms with Crippen LogP contribution in [0.2, 0.25) is 0 Å². The van der Waals surface area contributed by atoms with Gasteiger partial charge in [-0.1, -0.05) is 0 Å². The summed E-state index contributed by atoms with van der Waals surface area (Å²) in [5, 5.41) is 9.07. The maximum Gasteiger partial charge on any atom is 0.407 e. The van der Waals surface area contributed by atoms with E-state index < -0.39 is 6.09 Å². The quantitative estimate of drug-likeness (QED) is 0.921. The highest BCUT2D eigenvalue weighted by Crippen LogP contribution is 2.31. The van der Waals surface area contributed by atoms with Crippen molar-refractivity contribution in [2.75, 3.05) is 34.2 Å². The number of carboxylic acid groups (broad SMARTS) is 1. The minimum atomic E-state index is -0.805. The molecule has 1 aromatic heterocycles. The number of amides is 1. The molecule has 1 aromatic rings. The average molecular weight is 312 g/mol. The lowest BCUT2D eigenvalue weighted by Crippen LogP contribution is -2.37. The predicted molar refractivity (Wildman–Crippen MR) is 83.7 cm³/mol. The highest BCUT2D eigenvalue weighted by atomic mass is 32.1. The van der Waals surface area contributed by atoms with Gasteiger partial charge in [0, 0.05) is 50.2 Å². The summed E-state index contributed by atoms with van der Waals surface area (Å²) < 4.78 is 2.19.